The molecule has 0 unspecified atom stereocenters. The van der Waals surface area contributed by atoms with Gasteiger partial charge in [0, 0.05) is 12.1 Å². The Morgan fingerprint density at radius 2 is 1.83 bits per heavy atom. The summed E-state index contributed by atoms with van der Waals surface area (Å²) in [7, 11) is 0. The van der Waals surface area contributed by atoms with Gasteiger partial charge in [-0.1, -0.05) is 37.6 Å². The molecule has 0 spiro atoms. The molecule has 1 heteroatoms. The van der Waals surface area contributed by atoms with E-state index in [0.717, 1.165) is 12.0 Å². The molecular weight excluding hydrogens is 218 g/mol. The second-order valence-corrected chi connectivity index (χ2v) is 5.87. The number of rotatable bonds is 4. The van der Waals surface area contributed by atoms with E-state index < -0.39 is 0 Å². The molecule has 2 rings (SSSR count). The van der Waals surface area contributed by atoms with Gasteiger partial charge < -0.3 is 5.32 Å². The molecule has 1 aliphatic rings. The third-order valence-electron chi connectivity index (χ3n) is 4.56. The van der Waals surface area contributed by atoms with E-state index in [-0.39, 0.29) is 0 Å². The van der Waals surface area contributed by atoms with Gasteiger partial charge in [0.15, 0.2) is 0 Å². The normalized spacial score (nSPS) is 25.9. The van der Waals surface area contributed by atoms with Crippen LogP contribution in [0.4, 0.5) is 0 Å². The zero-order valence-electron chi connectivity index (χ0n) is 12.1. The van der Waals surface area contributed by atoms with Crippen molar-refractivity contribution in [1.29, 1.82) is 0 Å². The average Bonchev–Trinajstić information content (AvgIpc) is 2.40. The number of nitrogens with one attached hydrogen (secondary N) is 1. The molecule has 1 aliphatic carbocycles. The summed E-state index contributed by atoms with van der Waals surface area (Å²) >= 11 is 0. The van der Waals surface area contributed by atoms with Crippen LogP contribution in [0.3, 0.4) is 0 Å². The lowest BCUT2D eigenvalue weighted by Crippen LogP contribution is -2.35. The Hall–Kier alpha value is -0.820. The second-order valence-electron chi connectivity index (χ2n) is 5.87. The first-order chi connectivity index (χ1) is 8.70. The van der Waals surface area contributed by atoms with Crippen molar-refractivity contribution in [1.82, 2.24) is 5.32 Å². The maximum Gasteiger partial charge on any atom is 0.0296 e. The minimum absolute atomic E-state index is 0.481. The Morgan fingerprint density at radius 1 is 1.17 bits per heavy atom. The van der Waals surface area contributed by atoms with Gasteiger partial charge in [-0.05, 0) is 56.6 Å². The van der Waals surface area contributed by atoms with Gasteiger partial charge >= 0.3 is 0 Å². The monoisotopic (exact) mass is 245 g/mol. The van der Waals surface area contributed by atoms with E-state index >= 15 is 0 Å². The van der Waals surface area contributed by atoms with Crippen LogP contribution in [-0.4, -0.2) is 6.04 Å². The first-order valence-corrected chi connectivity index (χ1v) is 7.52. The lowest BCUT2D eigenvalue weighted by Gasteiger charge is -2.31. The molecule has 18 heavy (non-hydrogen) atoms. The van der Waals surface area contributed by atoms with Gasteiger partial charge in [0.25, 0.3) is 0 Å². The zero-order chi connectivity index (χ0) is 13.0. The topological polar surface area (TPSA) is 12.0 Å². The van der Waals surface area contributed by atoms with E-state index in [1.807, 2.05) is 0 Å². The molecule has 1 atom stereocenters. The van der Waals surface area contributed by atoms with E-state index in [2.05, 4.69) is 50.4 Å². The van der Waals surface area contributed by atoms with E-state index in [1.54, 1.807) is 0 Å². The zero-order valence-corrected chi connectivity index (χ0v) is 12.1. The van der Waals surface area contributed by atoms with Crippen LogP contribution in [0.1, 0.15) is 63.1 Å². The summed E-state index contributed by atoms with van der Waals surface area (Å²) in [5.74, 6) is 0.983. The molecular formula is C17H27N. The standard InChI is InChI=1S/C17H27N/c1-4-15-9-11-16(12-10-15)18-14(3)17-8-6-5-7-13(17)2/h5-8,14-16,18H,4,9-12H2,1-3H3/t14-,15?,16?/m0/s1. The molecule has 1 nitrogen and oxygen atoms in total. The van der Waals surface area contributed by atoms with Gasteiger partial charge in [0.05, 0.1) is 0 Å². The summed E-state index contributed by atoms with van der Waals surface area (Å²) in [6.07, 6.45) is 6.90. The Bertz CT molecular complexity index is 364. The van der Waals surface area contributed by atoms with Crippen molar-refractivity contribution in [2.45, 2.75) is 65.0 Å². The minimum Gasteiger partial charge on any atom is -0.307 e. The predicted molar refractivity (Wildman–Crippen MR) is 78.8 cm³/mol. The molecule has 0 aliphatic heterocycles. The number of benzene rings is 1. The van der Waals surface area contributed by atoms with E-state index in [4.69, 9.17) is 0 Å². The first kappa shape index (κ1) is 13.6. The number of hydrogen-bond donors (Lipinski definition) is 1. The van der Waals surface area contributed by atoms with E-state index in [1.165, 1.54) is 43.2 Å². The minimum atomic E-state index is 0.481. The highest BCUT2D eigenvalue weighted by Crippen LogP contribution is 2.28. The molecule has 1 saturated carbocycles. The number of aryl methyl sites for hydroxylation is 1. The summed E-state index contributed by atoms with van der Waals surface area (Å²) in [6.45, 7) is 6.84. The van der Waals surface area contributed by atoms with Crippen LogP contribution in [0, 0.1) is 12.8 Å². The third-order valence-corrected chi connectivity index (χ3v) is 4.56. The second kappa shape index (κ2) is 6.38. The van der Waals surface area contributed by atoms with Crippen molar-refractivity contribution in [2.24, 2.45) is 5.92 Å². The molecule has 100 valence electrons. The highest BCUT2D eigenvalue weighted by Gasteiger charge is 2.21. The van der Waals surface area contributed by atoms with Crippen molar-refractivity contribution in [2.75, 3.05) is 0 Å². The van der Waals surface area contributed by atoms with Crippen molar-refractivity contribution >= 4 is 0 Å². The summed E-state index contributed by atoms with van der Waals surface area (Å²) < 4.78 is 0. The molecule has 1 aromatic carbocycles. The summed E-state index contributed by atoms with van der Waals surface area (Å²) in [6, 6.07) is 9.94. The van der Waals surface area contributed by atoms with Crippen LogP contribution in [0.25, 0.3) is 0 Å². The smallest absolute Gasteiger partial charge is 0.0296 e. The molecule has 1 aromatic rings. The Morgan fingerprint density at radius 3 is 2.44 bits per heavy atom. The molecule has 0 heterocycles. The molecule has 1 fully saturated rings. The highest BCUT2D eigenvalue weighted by molar-refractivity contribution is 5.28. The molecule has 0 aromatic heterocycles. The van der Waals surface area contributed by atoms with Crippen molar-refractivity contribution in [3.05, 3.63) is 35.4 Å². The van der Waals surface area contributed by atoms with Crippen LogP contribution in [0.15, 0.2) is 24.3 Å². The van der Waals surface area contributed by atoms with Crippen LogP contribution < -0.4 is 5.32 Å². The fraction of sp³-hybridized carbons (Fsp3) is 0.647. The maximum atomic E-state index is 3.82. The molecule has 1 N–H and O–H groups in total. The Kier molecular flexibility index (Phi) is 4.82. The maximum absolute atomic E-state index is 3.82. The Balaban J connectivity index is 1.89. The fourth-order valence-corrected chi connectivity index (χ4v) is 3.25. The van der Waals surface area contributed by atoms with Gasteiger partial charge in [-0.2, -0.15) is 0 Å². The quantitative estimate of drug-likeness (QED) is 0.816. The van der Waals surface area contributed by atoms with Crippen molar-refractivity contribution in [3.63, 3.8) is 0 Å². The Labute approximate surface area is 112 Å². The van der Waals surface area contributed by atoms with E-state index in [9.17, 15) is 0 Å². The summed E-state index contributed by atoms with van der Waals surface area (Å²) in [5, 5.41) is 3.82. The summed E-state index contributed by atoms with van der Waals surface area (Å²) in [4.78, 5) is 0. The van der Waals surface area contributed by atoms with Crippen molar-refractivity contribution in [3.8, 4) is 0 Å². The van der Waals surface area contributed by atoms with Crippen LogP contribution in [-0.2, 0) is 0 Å². The fourth-order valence-electron chi connectivity index (χ4n) is 3.25. The van der Waals surface area contributed by atoms with Crippen molar-refractivity contribution < 1.29 is 0 Å². The van der Waals surface area contributed by atoms with Crippen LogP contribution >= 0.6 is 0 Å². The van der Waals surface area contributed by atoms with Gasteiger partial charge in [-0.15, -0.1) is 0 Å². The average molecular weight is 245 g/mol. The van der Waals surface area contributed by atoms with Crippen LogP contribution in [0.2, 0.25) is 0 Å². The third kappa shape index (κ3) is 3.35. The largest absolute Gasteiger partial charge is 0.307 e. The predicted octanol–water partition coefficient (Wildman–Crippen LogP) is 4.61. The summed E-state index contributed by atoms with van der Waals surface area (Å²) in [5.41, 5.74) is 2.86. The number of hydrogen-bond acceptors (Lipinski definition) is 1. The van der Waals surface area contributed by atoms with Gasteiger partial charge in [-0.3, -0.25) is 0 Å². The highest BCUT2D eigenvalue weighted by atomic mass is 14.9. The van der Waals surface area contributed by atoms with E-state index in [0.29, 0.717) is 6.04 Å². The lowest BCUT2D eigenvalue weighted by molar-refractivity contribution is 0.273. The van der Waals surface area contributed by atoms with Gasteiger partial charge in [0.1, 0.15) is 0 Å². The SMILES string of the molecule is CCC1CCC(N[C@@H](C)c2ccccc2C)CC1. The van der Waals surface area contributed by atoms with Gasteiger partial charge in [0.2, 0.25) is 0 Å². The molecule has 0 saturated heterocycles. The molecule has 0 radical (unpaired) electrons. The first-order valence-electron chi connectivity index (χ1n) is 7.52. The molecule has 0 amide bonds. The lowest BCUT2D eigenvalue weighted by atomic mass is 9.84. The molecule has 0 bridgehead atoms. The van der Waals surface area contributed by atoms with Gasteiger partial charge in [-0.25, -0.2) is 0 Å². The van der Waals surface area contributed by atoms with Crippen LogP contribution in [0.5, 0.6) is 0 Å².